The molecule has 1 rings (SSSR count). The molecule has 19 heavy (non-hydrogen) atoms. The van der Waals surface area contributed by atoms with E-state index < -0.39 is 17.9 Å². The SMILES string of the molecule is CCC(=O)CC[C@H](NC(=O)c1ccccc1)C(=O)O. The van der Waals surface area contributed by atoms with Gasteiger partial charge in [0.15, 0.2) is 0 Å². The van der Waals surface area contributed by atoms with Crippen LogP contribution in [0.2, 0.25) is 0 Å². The molecule has 0 radical (unpaired) electrons. The van der Waals surface area contributed by atoms with Crippen LogP contribution in [0, 0.1) is 0 Å². The van der Waals surface area contributed by atoms with E-state index in [0.717, 1.165) is 0 Å². The fraction of sp³-hybridized carbons (Fsp3) is 0.357. The number of carbonyl (C=O) groups excluding carboxylic acids is 2. The zero-order chi connectivity index (χ0) is 14.3. The summed E-state index contributed by atoms with van der Waals surface area (Å²) in [6.07, 6.45) is 0.641. The van der Waals surface area contributed by atoms with Gasteiger partial charge in [0.05, 0.1) is 0 Å². The lowest BCUT2D eigenvalue weighted by Gasteiger charge is -2.13. The van der Waals surface area contributed by atoms with Crippen molar-refractivity contribution in [2.45, 2.75) is 32.2 Å². The summed E-state index contributed by atoms with van der Waals surface area (Å²) in [5, 5.41) is 11.5. The number of ketones is 1. The number of carbonyl (C=O) groups is 3. The summed E-state index contributed by atoms with van der Waals surface area (Å²) < 4.78 is 0. The first-order valence-corrected chi connectivity index (χ1v) is 6.15. The second-order valence-corrected chi connectivity index (χ2v) is 4.16. The first-order chi connectivity index (χ1) is 9.04. The molecular formula is C14H17NO4. The fourth-order valence-electron chi connectivity index (χ4n) is 1.57. The van der Waals surface area contributed by atoms with Crippen molar-refractivity contribution < 1.29 is 19.5 Å². The summed E-state index contributed by atoms with van der Waals surface area (Å²) in [5.74, 6) is -1.59. The maximum Gasteiger partial charge on any atom is 0.326 e. The molecule has 0 fully saturated rings. The lowest BCUT2D eigenvalue weighted by molar-refractivity contribution is -0.139. The number of nitrogens with one attached hydrogen (secondary N) is 1. The number of hydrogen-bond donors (Lipinski definition) is 2. The Balaban J connectivity index is 2.61. The van der Waals surface area contributed by atoms with E-state index in [1.54, 1.807) is 37.3 Å². The van der Waals surface area contributed by atoms with Crippen molar-refractivity contribution in [2.24, 2.45) is 0 Å². The Kier molecular flexibility index (Phi) is 5.73. The third kappa shape index (κ3) is 4.91. The van der Waals surface area contributed by atoms with E-state index in [0.29, 0.717) is 12.0 Å². The van der Waals surface area contributed by atoms with Gasteiger partial charge in [-0.25, -0.2) is 4.79 Å². The van der Waals surface area contributed by atoms with Crippen LogP contribution in [-0.4, -0.2) is 28.8 Å². The quantitative estimate of drug-likeness (QED) is 0.783. The van der Waals surface area contributed by atoms with Gasteiger partial charge in [-0.3, -0.25) is 9.59 Å². The lowest BCUT2D eigenvalue weighted by Crippen LogP contribution is -2.41. The number of carboxylic acid groups (broad SMARTS) is 1. The number of benzene rings is 1. The Bertz CT molecular complexity index is 456. The van der Waals surface area contributed by atoms with Gasteiger partial charge in [0.2, 0.25) is 0 Å². The van der Waals surface area contributed by atoms with Crippen LogP contribution in [0.1, 0.15) is 36.5 Å². The number of carboxylic acids is 1. The number of aliphatic carboxylic acids is 1. The molecule has 0 unspecified atom stereocenters. The summed E-state index contributed by atoms with van der Waals surface area (Å²) >= 11 is 0. The summed E-state index contributed by atoms with van der Waals surface area (Å²) in [6, 6.07) is 7.34. The molecule has 0 aliphatic rings. The van der Waals surface area contributed by atoms with Gasteiger partial charge in [-0.15, -0.1) is 0 Å². The van der Waals surface area contributed by atoms with Gasteiger partial charge in [-0.2, -0.15) is 0 Å². The minimum absolute atomic E-state index is 0.0137. The molecule has 0 aliphatic heterocycles. The first kappa shape index (κ1) is 14.9. The highest BCUT2D eigenvalue weighted by atomic mass is 16.4. The van der Waals surface area contributed by atoms with Gasteiger partial charge in [0, 0.05) is 18.4 Å². The van der Waals surface area contributed by atoms with Crippen molar-refractivity contribution in [1.82, 2.24) is 5.32 Å². The molecule has 1 aromatic carbocycles. The Hall–Kier alpha value is -2.17. The lowest BCUT2D eigenvalue weighted by atomic mass is 10.1. The van der Waals surface area contributed by atoms with Crippen LogP contribution in [0.3, 0.4) is 0 Å². The topological polar surface area (TPSA) is 83.5 Å². The monoisotopic (exact) mass is 263 g/mol. The number of rotatable bonds is 7. The van der Waals surface area contributed by atoms with Crippen molar-refractivity contribution in [3.8, 4) is 0 Å². The molecule has 5 heteroatoms. The van der Waals surface area contributed by atoms with Gasteiger partial charge < -0.3 is 10.4 Å². The minimum Gasteiger partial charge on any atom is -0.480 e. The molecule has 0 spiro atoms. The van der Waals surface area contributed by atoms with Crippen molar-refractivity contribution in [2.75, 3.05) is 0 Å². The van der Waals surface area contributed by atoms with Crippen LogP contribution in [0.5, 0.6) is 0 Å². The Morgan fingerprint density at radius 3 is 2.37 bits per heavy atom. The fourth-order valence-corrected chi connectivity index (χ4v) is 1.57. The van der Waals surface area contributed by atoms with E-state index in [1.165, 1.54) is 0 Å². The van der Waals surface area contributed by atoms with Crippen LogP contribution in [-0.2, 0) is 9.59 Å². The molecule has 0 aromatic heterocycles. The summed E-state index contributed by atoms with van der Waals surface area (Å²) in [7, 11) is 0. The Labute approximate surface area is 111 Å². The van der Waals surface area contributed by atoms with Crippen LogP contribution in [0.4, 0.5) is 0 Å². The highest BCUT2D eigenvalue weighted by Gasteiger charge is 2.21. The van der Waals surface area contributed by atoms with E-state index in [9.17, 15) is 14.4 Å². The molecule has 0 saturated carbocycles. The predicted octanol–water partition coefficient (Wildman–Crippen LogP) is 1.63. The first-order valence-electron chi connectivity index (χ1n) is 6.15. The predicted molar refractivity (Wildman–Crippen MR) is 69.9 cm³/mol. The van der Waals surface area contributed by atoms with E-state index in [2.05, 4.69) is 5.32 Å². The summed E-state index contributed by atoms with van der Waals surface area (Å²) in [4.78, 5) is 34.0. The van der Waals surface area contributed by atoms with Crippen molar-refractivity contribution in [3.63, 3.8) is 0 Å². The van der Waals surface area contributed by atoms with Crippen molar-refractivity contribution in [3.05, 3.63) is 35.9 Å². The van der Waals surface area contributed by atoms with E-state index in [-0.39, 0.29) is 18.6 Å². The second kappa shape index (κ2) is 7.31. The molecule has 2 N–H and O–H groups in total. The molecule has 0 heterocycles. The van der Waals surface area contributed by atoms with Gasteiger partial charge in [-0.1, -0.05) is 25.1 Å². The van der Waals surface area contributed by atoms with E-state index in [1.807, 2.05) is 0 Å². The number of amides is 1. The minimum atomic E-state index is -1.13. The smallest absolute Gasteiger partial charge is 0.326 e. The molecular weight excluding hydrogens is 246 g/mol. The molecule has 0 aliphatic carbocycles. The van der Waals surface area contributed by atoms with Gasteiger partial charge in [0.25, 0.3) is 5.91 Å². The standard InChI is InChI=1S/C14H17NO4/c1-2-11(16)8-9-12(14(18)19)15-13(17)10-6-4-3-5-7-10/h3-7,12H,2,8-9H2,1H3,(H,15,17)(H,18,19)/t12-/m0/s1. The summed E-state index contributed by atoms with van der Waals surface area (Å²) in [6.45, 7) is 1.72. The van der Waals surface area contributed by atoms with Gasteiger partial charge in [-0.05, 0) is 18.6 Å². The van der Waals surface area contributed by atoms with Crippen LogP contribution < -0.4 is 5.32 Å². The normalized spacial score (nSPS) is 11.6. The highest BCUT2D eigenvalue weighted by molar-refractivity contribution is 5.96. The largest absolute Gasteiger partial charge is 0.480 e. The third-order valence-corrected chi connectivity index (χ3v) is 2.75. The van der Waals surface area contributed by atoms with Gasteiger partial charge >= 0.3 is 5.97 Å². The molecule has 0 saturated heterocycles. The third-order valence-electron chi connectivity index (χ3n) is 2.75. The zero-order valence-electron chi connectivity index (χ0n) is 10.8. The molecule has 1 atom stereocenters. The van der Waals surface area contributed by atoms with E-state index >= 15 is 0 Å². The maximum absolute atomic E-state index is 11.8. The highest BCUT2D eigenvalue weighted by Crippen LogP contribution is 2.04. The summed E-state index contributed by atoms with van der Waals surface area (Å²) in [5.41, 5.74) is 0.399. The average molecular weight is 263 g/mol. The van der Waals surface area contributed by atoms with Gasteiger partial charge in [0.1, 0.15) is 11.8 Å². The number of Topliss-reactive ketones (excluding diaryl/α,β-unsaturated/α-hetero) is 1. The Morgan fingerprint density at radius 1 is 1.21 bits per heavy atom. The maximum atomic E-state index is 11.8. The second-order valence-electron chi connectivity index (χ2n) is 4.16. The number of hydrogen-bond acceptors (Lipinski definition) is 3. The zero-order valence-corrected chi connectivity index (χ0v) is 10.8. The Morgan fingerprint density at radius 2 is 1.84 bits per heavy atom. The molecule has 1 amide bonds. The van der Waals surface area contributed by atoms with Crippen LogP contribution in [0.25, 0.3) is 0 Å². The average Bonchev–Trinajstić information content (AvgIpc) is 2.43. The van der Waals surface area contributed by atoms with Crippen LogP contribution >= 0.6 is 0 Å². The molecule has 1 aromatic rings. The van der Waals surface area contributed by atoms with E-state index in [4.69, 9.17) is 5.11 Å². The van der Waals surface area contributed by atoms with Crippen molar-refractivity contribution in [1.29, 1.82) is 0 Å². The van der Waals surface area contributed by atoms with Crippen molar-refractivity contribution >= 4 is 17.7 Å². The molecule has 5 nitrogen and oxygen atoms in total. The molecule has 102 valence electrons. The van der Waals surface area contributed by atoms with Crippen LogP contribution in [0.15, 0.2) is 30.3 Å². The molecule has 0 bridgehead atoms.